The SMILES string of the molecule is CCOc1cc(C=NNc2nc(-c3ccccc3)cs2)cc(Br)c1OCC(=O)OC. The summed E-state index contributed by atoms with van der Waals surface area (Å²) in [5.41, 5.74) is 5.67. The van der Waals surface area contributed by atoms with Crippen LogP contribution in [-0.2, 0) is 9.53 Å². The summed E-state index contributed by atoms with van der Waals surface area (Å²) in [5.74, 6) is 0.454. The number of hydrazone groups is 1. The highest BCUT2D eigenvalue weighted by Gasteiger charge is 2.14. The van der Waals surface area contributed by atoms with Crippen molar-refractivity contribution >= 4 is 44.6 Å². The number of nitrogens with zero attached hydrogens (tertiary/aromatic N) is 2. The number of carbonyl (C=O) groups excluding carboxylic acids is 1. The first-order valence-electron chi connectivity index (χ1n) is 9.06. The van der Waals surface area contributed by atoms with Gasteiger partial charge < -0.3 is 14.2 Å². The molecule has 0 atom stereocenters. The Hall–Kier alpha value is -2.91. The highest BCUT2D eigenvalue weighted by molar-refractivity contribution is 9.10. The molecule has 2 aromatic carbocycles. The van der Waals surface area contributed by atoms with Gasteiger partial charge in [-0.3, -0.25) is 5.43 Å². The quantitative estimate of drug-likeness (QED) is 0.259. The molecule has 0 unspecified atom stereocenters. The van der Waals surface area contributed by atoms with E-state index in [1.165, 1.54) is 18.4 Å². The average molecular weight is 490 g/mol. The van der Waals surface area contributed by atoms with Crippen LogP contribution < -0.4 is 14.9 Å². The van der Waals surface area contributed by atoms with E-state index in [0.717, 1.165) is 16.8 Å². The van der Waals surface area contributed by atoms with Crippen LogP contribution in [0.4, 0.5) is 5.13 Å². The zero-order valence-electron chi connectivity index (χ0n) is 16.4. The summed E-state index contributed by atoms with van der Waals surface area (Å²) in [4.78, 5) is 15.9. The van der Waals surface area contributed by atoms with Crippen LogP contribution in [0.2, 0.25) is 0 Å². The smallest absolute Gasteiger partial charge is 0.343 e. The van der Waals surface area contributed by atoms with Gasteiger partial charge in [-0.2, -0.15) is 5.10 Å². The first-order chi connectivity index (χ1) is 14.6. The number of thiazole rings is 1. The van der Waals surface area contributed by atoms with Gasteiger partial charge in [0, 0.05) is 10.9 Å². The van der Waals surface area contributed by atoms with E-state index in [0.29, 0.717) is 27.7 Å². The highest BCUT2D eigenvalue weighted by Crippen LogP contribution is 2.36. The Kier molecular flexibility index (Phi) is 7.81. The van der Waals surface area contributed by atoms with Crippen LogP contribution >= 0.6 is 27.3 Å². The Morgan fingerprint density at radius 2 is 2.07 bits per heavy atom. The Morgan fingerprint density at radius 1 is 1.27 bits per heavy atom. The molecule has 0 spiro atoms. The number of anilines is 1. The van der Waals surface area contributed by atoms with Crippen LogP contribution in [0.25, 0.3) is 11.3 Å². The van der Waals surface area contributed by atoms with Crippen molar-refractivity contribution in [2.45, 2.75) is 6.92 Å². The Balaban J connectivity index is 1.70. The second-order valence-corrected chi connectivity index (χ2v) is 7.61. The van der Waals surface area contributed by atoms with E-state index in [4.69, 9.17) is 9.47 Å². The molecule has 3 rings (SSSR count). The average Bonchev–Trinajstić information content (AvgIpc) is 3.23. The van der Waals surface area contributed by atoms with Gasteiger partial charge in [-0.1, -0.05) is 30.3 Å². The largest absolute Gasteiger partial charge is 0.490 e. The van der Waals surface area contributed by atoms with Crippen LogP contribution in [0.5, 0.6) is 11.5 Å². The van der Waals surface area contributed by atoms with Crippen molar-refractivity contribution in [3.63, 3.8) is 0 Å². The summed E-state index contributed by atoms with van der Waals surface area (Å²) in [6, 6.07) is 13.6. The van der Waals surface area contributed by atoms with Crippen molar-refractivity contribution < 1.29 is 19.0 Å². The molecule has 3 aromatic rings. The number of hydrogen-bond donors (Lipinski definition) is 1. The van der Waals surface area contributed by atoms with E-state index in [2.05, 4.69) is 36.2 Å². The van der Waals surface area contributed by atoms with Gasteiger partial charge in [0.2, 0.25) is 5.13 Å². The molecule has 0 radical (unpaired) electrons. The molecule has 0 saturated heterocycles. The predicted octanol–water partition coefficient (Wildman–Crippen LogP) is 4.97. The number of esters is 1. The highest BCUT2D eigenvalue weighted by atomic mass is 79.9. The molecule has 156 valence electrons. The van der Waals surface area contributed by atoms with E-state index >= 15 is 0 Å². The normalized spacial score (nSPS) is 10.8. The molecule has 0 aliphatic rings. The van der Waals surface area contributed by atoms with Gasteiger partial charge in [0.05, 0.1) is 30.1 Å². The zero-order chi connectivity index (χ0) is 21.3. The van der Waals surface area contributed by atoms with Gasteiger partial charge in [0.25, 0.3) is 0 Å². The number of carbonyl (C=O) groups is 1. The standard InChI is InChI=1S/C21H20BrN3O4S/c1-3-28-18-10-14(9-16(22)20(18)29-12-19(26)27-2)11-23-25-21-24-17(13-30-21)15-7-5-4-6-8-15/h4-11,13H,3,12H2,1-2H3,(H,24,25). The van der Waals surface area contributed by atoms with Crippen molar-refractivity contribution in [2.75, 3.05) is 25.7 Å². The molecule has 0 bridgehead atoms. The molecule has 1 N–H and O–H groups in total. The second kappa shape index (κ2) is 10.7. The molecule has 0 amide bonds. The van der Waals surface area contributed by atoms with Gasteiger partial charge in [-0.15, -0.1) is 11.3 Å². The fraction of sp³-hybridized carbons (Fsp3) is 0.190. The van der Waals surface area contributed by atoms with Crippen molar-refractivity contribution in [3.05, 3.63) is 57.9 Å². The lowest BCUT2D eigenvalue weighted by Gasteiger charge is -2.13. The van der Waals surface area contributed by atoms with Crippen molar-refractivity contribution in [3.8, 4) is 22.8 Å². The predicted molar refractivity (Wildman–Crippen MR) is 122 cm³/mol. The number of rotatable bonds is 9. The van der Waals surface area contributed by atoms with Crippen LogP contribution in [0.1, 0.15) is 12.5 Å². The number of halogens is 1. The molecule has 9 heteroatoms. The third-order valence-electron chi connectivity index (χ3n) is 3.84. The van der Waals surface area contributed by atoms with Gasteiger partial charge in [0.15, 0.2) is 18.1 Å². The number of ether oxygens (including phenoxy) is 3. The summed E-state index contributed by atoms with van der Waals surface area (Å²) >= 11 is 4.93. The Bertz CT molecular complexity index is 1020. The zero-order valence-corrected chi connectivity index (χ0v) is 18.8. The molecular weight excluding hydrogens is 470 g/mol. The monoisotopic (exact) mass is 489 g/mol. The molecule has 1 heterocycles. The second-order valence-electron chi connectivity index (χ2n) is 5.90. The molecule has 0 aliphatic carbocycles. The minimum atomic E-state index is -0.475. The summed E-state index contributed by atoms with van der Waals surface area (Å²) < 4.78 is 16.4. The van der Waals surface area contributed by atoms with Crippen LogP contribution in [0, 0.1) is 0 Å². The lowest BCUT2D eigenvalue weighted by Crippen LogP contribution is -2.13. The maximum Gasteiger partial charge on any atom is 0.343 e. The molecule has 1 aromatic heterocycles. The minimum absolute atomic E-state index is 0.210. The fourth-order valence-electron chi connectivity index (χ4n) is 2.48. The molecule has 0 fully saturated rings. The molecule has 30 heavy (non-hydrogen) atoms. The Morgan fingerprint density at radius 3 is 2.80 bits per heavy atom. The Labute approximate surface area is 186 Å². The topological polar surface area (TPSA) is 82.0 Å². The van der Waals surface area contributed by atoms with E-state index in [9.17, 15) is 4.79 Å². The third-order valence-corrected chi connectivity index (χ3v) is 5.18. The van der Waals surface area contributed by atoms with Crippen LogP contribution in [0.15, 0.2) is 57.4 Å². The summed E-state index contributed by atoms with van der Waals surface area (Å²) in [5, 5.41) is 6.92. The maximum atomic E-state index is 11.4. The van der Waals surface area contributed by atoms with Crippen LogP contribution in [0.3, 0.4) is 0 Å². The molecule has 0 aliphatic heterocycles. The third kappa shape index (κ3) is 5.80. The number of aromatic nitrogens is 1. The fourth-order valence-corrected chi connectivity index (χ4v) is 3.73. The van der Waals surface area contributed by atoms with E-state index in [1.807, 2.05) is 48.7 Å². The van der Waals surface area contributed by atoms with Gasteiger partial charge >= 0.3 is 5.97 Å². The van der Waals surface area contributed by atoms with Gasteiger partial charge in [-0.05, 0) is 40.5 Å². The minimum Gasteiger partial charge on any atom is -0.490 e. The van der Waals surface area contributed by atoms with Crippen molar-refractivity contribution in [2.24, 2.45) is 5.10 Å². The van der Waals surface area contributed by atoms with E-state index < -0.39 is 5.97 Å². The van der Waals surface area contributed by atoms with E-state index in [1.54, 1.807) is 12.3 Å². The van der Waals surface area contributed by atoms with Gasteiger partial charge in [0.1, 0.15) is 0 Å². The summed E-state index contributed by atoms with van der Waals surface area (Å²) in [7, 11) is 1.31. The summed E-state index contributed by atoms with van der Waals surface area (Å²) in [6.07, 6.45) is 1.65. The number of methoxy groups -OCH3 is 1. The first kappa shape index (κ1) is 21.8. The number of hydrogen-bond acceptors (Lipinski definition) is 8. The maximum absolute atomic E-state index is 11.4. The van der Waals surface area contributed by atoms with Gasteiger partial charge in [-0.25, -0.2) is 9.78 Å². The molecule has 7 nitrogen and oxygen atoms in total. The van der Waals surface area contributed by atoms with Crippen molar-refractivity contribution in [1.29, 1.82) is 0 Å². The lowest BCUT2D eigenvalue weighted by molar-refractivity contribution is -0.142. The number of benzene rings is 2. The van der Waals surface area contributed by atoms with E-state index in [-0.39, 0.29) is 6.61 Å². The number of nitrogens with one attached hydrogen (secondary N) is 1. The lowest BCUT2D eigenvalue weighted by atomic mass is 10.2. The molecule has 0 saturated carbocycles. The van der Waals surface area contributed by atoms with Crippen molar-refractivity contribution in [1.82, 2.24) is 4.98 Å². The van der Waals surface area contributed by atoms with Crippen LogP contribution in [-0.4, -0.2) is 37.5 Å². The summed E-state index contributed by atoms with van der Waals surface area (Å²) in [6.45, 7) is 2.10. The molecular formula is C21H20BrN3O4S. The first-order valence-corrected chi connectivity index (χ1v) is 10.7.